The lowest BCUT2D eigenvalue weighted by molar-refractivity contribution is -0.142. The van der Waals surface area contributed by atoms with Gasteiger partial charge >= 0.3 is 5.97 Å². The monoisotopic (exact) mass is 254 g/mol. The summed E-state index contributed by atoms with van der Waals surface area (Å²) in [5, 5.41) is 11.5. The van der Waals surface area contributed by atoms with E-state index in [1.165, 1.54) is 6.42 Å². The summed E-state index contributed by atoms with van der Waals surface area (Å²) in [5.41, 5.74) is 4.97. The summed E-state index contributed by atoms with van der Waals surface area (Å²) in [6.07, 6.45) is 3.33. The molecule has 0 aromatic carbocycles. The largest absolute Gasteiger partial charge is 0.480 e. The smallest absolute Gasteiger partial charge is 0.326 e. The first kappa shape index (κ1) is 12.9. The molecule has 3 atom stereocenters. The van der Waals surface area contributed by atoms with Crippen LogP contribution in [0.5, 0.6) is 0 Å². The van der Waals surface area contributed by atoms with E-state index in [0.717, 1.165) is 12.8 Å². The fourth-order valence-electron chi connectivity index (χ4n) is 3.02. The molecule has 0 bridgehead atoms. The van der Waals surface area contributed by atoms with Gasteiger partial charge in [-0.2, -0.15) is 0 Å². The highest BCUT2D eigenvalue weighted by molar-refractivity contribution is 5.87. The van der Waals surface area contributed by atoms with Gasteiger partial charge in [0.25, 0.3) is 0 Å². The summed E-state index contributed by atoms with van der Waals surface area (Å²) in [7, 11) is 0. The van der Waals surface area contributed by atoms with Gasteiger partial charge in [0.15, 0.2) is 0 Å². The van der Waals surface area contributed by atoms with Crippen LogP contribution in [0.3, 0.4) is 0 Å². The quantitative estimate of drug-likeness (QED) is 0.613. The SMILES string of the molecule is NC(=O)CC[C@H](NC(=O)C1C2CCCC21)C(=O)O. The zero-order valence-corrected chi connectivity index (χ0v) is 10.1. The van der Waals surface area contributed by atoms with E-state index in [0.29, 0.717) is 11.8 Å². The first-order chi connectivity index (χ1) is 8.50. The normalized spacial score (nSPS) is 30.3. The fraction of sp³-hybridized carbons (Fsp3) is 0.750. The van der Waals surface area contributed by atoms with Crippen LogP contribution in [0, 0.1) is 17.8 Å². The van der Waals surface area contributed by atoms with Crippen LogP contribution in [0.2, 0.25) is 0 Å². The number of hydrogen-bond donors (Lipinski definition) is 3. The number of carbonyl (C=O) groups excluding carboxylic acids is 2. The molecule has 18 heavy (non-hydrogen) atoms. The van der Waals surface area contributed by atoms with Crippen LogP contribution in [-0.4, -0.2) is 28.9 Å². The summed E-state index contributed by atoms with van der Waals surface area (Å²) in [4.78, 5) is 33.5. The lowest BCUT2D eigenvalue weighted by Crippen LogP contribution is -2.42. The number of aliphatic carboxylic acids is 1. The molecule has 2 unspecified atom stereocenters. The van der Waals surface area contributed by atoms with Crippen molar-refractivity contribution < 1.29 is 19.5 Å². The Balaban J connectivity index is 1.83. The standard InChI is InChI=1S/C12H18N2O4/c13-9(15)5-4-8(12(17)18)14-11(16)10-6-2-1-3-7(6)10/h6-8,10H,1-5H2,(H2,13,15)(H,14,16)(H,17,18)/t6?,7?,8-,10?/m0/s1. The van der Waals surface area contributed by atoms with Gasteiger partial charge in [-0.1, -0.05) is 6.42 Å². The average molecular weight is 254 g/mol. The van der Waals surface area contributed by atoms with Crippen LogP contribution in [0.15, 0.2) is 0 Å². The van der Waals surface area contributed by atoms with E-state index in [1.54, 1.807) is 0 Å². The third kappa shape index (κ3) is 2.63. The Morgan fingerprint density at radius 3 is 2.39 bits per heavy atom. The second kappa shape index (κ2) is 4.96. The minimum Gasteiger partial charge on any atom is -0.480 e. The Bertz CT molecular complexity index is 372. The van der Waals surface area contributed by atoms with Crippen molar-refractivity contribution in [1.82, 2.24) is 5.32 Å². The third-order valence-corrected chi connectivity index (χ3v) is 4.00. The molecule has 0 radical (unpaired) electrons. The summed E-state index contributed by atoms with van der Waals surface area (Å²) in [5.74, 6) is -0.948. The molecule has 0 heterocycles. The first-order valence-electron chi connectivity index (χ1n) is 6.32. The van der Waals surface area contributed by atoms with Crippen LogP contribution >= 0.6 is 0 Å². The average Bonchev–Trinajstić information content (AvgIpc) is 2.77. The maximum Gasteiger partial charge on any atom is 0.326 e. The summed E-state index contributed by atoms with van der Waals surface area (Å²) < 4.78 is 0. The summed E-state index contributed by atoms with van der Waals surface area (Å²) >= 11 is 0. The molecule has 4 N–H and O–H groups in total. The number of carboxylic acids is 1. The molecular formula is C12H18N2O4. The molecule has 6 nitrogen and oxygen atoms in total. The highest BCUT2D eigenvalue weighted by atomic mass is 16.4. The van der Waals surface area contributed by atoms with E-state index in [-0.39, 0.29) is 24.7 Å². The topological polar surface area (TPSA) is 109 Å². The molecule has 2 saturated carbocycles. The van der Waals surface area contributed by atoms with Gasteiger partial charge in [0.1, 0.15) is 6.04 Å². The predicted molar refractivity (Wildman–Crippen MR) is 62.3 cm³/mol. The Morgan fingerprint density at radius 1 is 1.28 bits per heavy atom. The number of fused-ring (bicyclic) bond motifs is 1. The van der Waals surface area contributed by atoms with E-state index >= 15 is 0 Å². The molecule has 0 aromatic rings. The minimum atomic E-state index is -1.12. The zero-order valence-electron chi connectivity index (χ0n) is 10.1. The van der Waals surface area contributed by atoms with Gasteiger partial charge in [-0.25, -0.2) is 4.79 Å². The van der Waals surface area contributed by atoms with E-state index in [4.69, 9.17) is 10.8 Å². The molecule has 2 rings (SSSR count). The van der Waals surface area contributed by atoms with Gasteiger partial charge in [0.05, 0.1) is 0 Å². The number of carbonyl (C=O) groups is 3. The van der Waals surface area contributed by atoms with Gasteiger partial charge in [-0.3, -0.25) is 9.59 Å². The minimum absolute atomic E-state index is 0.00539. The molecule has 100 valence electrons. The second-order valence-electron chi connectivity index (χ2n) is 5.19. The maximum atomic E-state index is 11.9. The molecule has 2 amide bonds. The number of primary amides is 1. The zero-order chi connectivity index (χ0) is 13.3. The van der Waals surface area contributed by atoms with Crippen LogP contribution in [0.1, 0.15) is 32.1 Å². The number of carboxylic acid groups (broad SMARTS) is 1. The molecule has 2 fully saturated rings. The molecule has 2 aliphatic rings. The van der Waals surface area contributed by atoms with E-state index in [2.05, 4.69) is 5.32 Å². The van der Waals surface area contributed by atoms with Crippen LogP contribution in [-0.2, 0) is 14.4 Å². The van der Waals surface area contributed by atoms with Crippen molar-refractivity contribution in [3.63, 3.8) is 0 Å². The van der Waals surface area contributed by atoms with Crippen molar-refractivity contribution in [1.29, 1.82) is 0 Å². The van der Waals surface area contributed by atoms with Crippen molar-refractivity contribution in [2.24, 2.45) is 23.5 Å². The molecule has 0 aromatic heterocycles. The van der Waals surface area contributed by atoms with Crippen LogP contribution < -0.4 is 11.1 Å². The Kier molecular flexibility index (Phi) is 3.54. The summed E-state index contributed by atoms with van der Waals surface area (Å²) in [6, 6.07) is -1.01. The van der Waals surface area contributed by atoms with Gasteiger partial charge in [0.2, 0.25) is 11.8 Å². The molecule has 0 aliphatic heterocycles. The van der Waals surface area contributed by atoms with Crippen molar-refractivity contribution >= 4 is 17.8 Å². The lowest BCUT2D eigenvalue weighted by atomic mass is 10.1. The van der Waals surface area contributed by atoms with Gasteiger partial charge < -0.3 is 16.2 Å². The summed E-state index contributed by atoms with van der Waals surface area (Å²) in [6.45, 7) is 0. The molecule has 2 aliphatic carbocycles. The van der Waals surface area contributed by atoms with Gasteiger partial charge in [0, 0.05) is 12.3 Å². The maximum absolute atomic E-state index is 11.9. The lowest BCUT2D eigenvalue weighted by Gasteiger charge is -2.14. The van der Waals surface area contributed by atoms with Gasteiger partial charge in [-0.05, 0) is 31.1 Å². The Morgan fingerprint density at radius 2 is 1.89 bits per heavy atom. The van der Waals surface area contributed by atoms with Crippen LogP contribution in [0.25, 0.3) is 0 Å². The predicted octanol–water partition coefficient (Wildman–Crippen LogP) is -0.133. The molecule has 6 heteroatoms. The van der Waals surface area contributed by atoms with Crippen molar-refractivity contribution in [3.05, 3.63) is 0 Å². The van der Waals surface area contributed by atoms with Crippen LogP contribution in [0.4, 0.5) is 0 Å². The van der Waals surface area contributed by atoms with Crippen molar-refractivity contribution in [3.8, 4) is 0 Å². The number of nitrogens with one attached hydrogen (secondary N) is 1. The van der Waals surface area contributed by atoms with Crippen molar-refractivity contribution in [2.75, 3.05) is 0 Å². The highest BCUT2D eigenvalue weighted by Crippen LogP contribution is 2.57. The fourth-order valence-corrected chi connectivity index (χ4v) is 3.02. The number of hydrogen-bond acceptors (Lipinski definition) is 3. The molecule has 0 saturated heterocycles. The van der Waals surface area contributed by atoms with E-state index in [9.17, 15) is 14.4 Å². The number of nitrogens with two attached hydrogens (primary N) is 1. The second-order valence-corrected chi connectivity index (χ2v) is 5.19. The van der Waals surface area contributed by atoms with E-state index in [1.807, 2.05) is 0 Å². The van der Waals surface area contributed by atoms with Crippen molar-refractivity contribution in [2.45, 2.75) is 38.1 Å². The van der Waals surface area contributed by atoms with Gasteiger partial charge in [-0.15, -0.1) is 0 Å². The third-order valence-electron chi connectivity index (χ3n) is 4.00. The number of rotatable bonds is 6. The Labute approximate surface area is 105 Å². The molecular weight excluding hydrogens is 236 g/mol. The first-order valence-corrected chi connectivity index (χ1v) is 6.32. The highest BCUT2D eigenvalue weighted by Gasteiger charge is 2.56. The van der Waals surface area contributed by atoms with E-state index < -0.39 is 17.9 Å². The Hall–Kier alpha value is -1.59. The number of amides is 2. The molecule has 0 spiro atoms.